The first kappa shape index (κ1) is 12.8. The van der Waals surface area contributed by atoms with Gasteiger partial charge >= 0.3 is 0 Å². The molecule has 0 aliphatic carbocycles. The van der Waals surface area contributed by atoms with Gasteiger partial charge in [-0.1, -0.05) is 38.6 Å². The van der Waals surface area contributed by atoms with E-state index in [2.05, 4.69) is 57.5 Å². The van der Waals surface area contributed by atoms with Crippen molar-refractivity contribution >= 4 is 0 Å². The van der Waals surface area contributed by atoms with Crippen LogP contribution in [0.3, 0.4) is 0 Å². The smallest absolute Gasteiger partial charge is 0.0425 e. The molecule has 0 fully saturated rings. The molecule has 16 heavy (non-hydrogen) atoms. The molecule has 0 aliphatic rings. The van der Waals surface area contributed by atoms with Crippen LogP contribution in [0.15, 0.2) is 30.5 Å². The average Bonchev–Trinajstić information content (AvgIpc) is 2.20. The van der Waals surface area contributed by atoms with Crippen LogP contribution in [-0.2, 0) is 6.54 Å². The van der Waals surface area contributed by atoms with Crippen LogP contribution >= 0.6 is 0 Å². The molecule has 1 aromatic rings. The molecule has 0 radical (unpaired) electrons. The predicted molar refractivity (Wildman–Crippen MR) is 71.5 cm³/mol. The van der Waals surface area contributed by atoms with E-state index in [1.54, 1.807) is 0 Å². The van der Waals surface area contributed by atoms with E-state index in [9.17, 15) is 0 Å². The lowest BCUT2D eigenvalue weighted by atomic mass is 9.94. The number of rotatable bonds is 4. The van der Waals surface area contributed by atoms with Crippen molar-refractivity contribution in [1.82, 2.24) is 4.90 Å². The molecular weight excluding hydrogens is 194 g/mol. The van der Waals surface area contributed by atoms with Crippen LogP contribution in [0.5, 0.6) is 0 Å². The third-order valence-electron chi connectivity index (χ3n) is 3.17. The first-order valence-electron chi connectivity index (χ1n) is 5.88. The quantitative estimate of drug-likeness (QED) is 0.734. The fourth-order valence-corrected chi connectivity index (χ4v) is 1.89. The molecule has 0 saturated carbocycles. The van der Waals surface area contributed by atoms with Gasteiger partial charge in [0.15, 0.2) is 0 Å². The van der Waals surface area contributed by atoms with Gasteiger partial charge < -0.3 is 4.90 Å². The fraction of sp³-hybridized carbons (Fsp3) is 0.467. The lowest BCUT2D eigenvalue weighted by Gasteiger charge is -2.22. The van der Waals surface area contributed by atoms with Crippen molar-refractivity contribution in [2.45, 2.75) is 40.2 Å². The highest BCUT2D eigenvalue weighted by Crippen LogP contribution is 2.23. The Morgan fingerprint density at radius 1 is 1.38 bits per heavy atom. The molecule has 0 N–H and O–H groups in total. The standard InChI is InChI=1S/C15H23N/c1-11(2)15-9-7-8-14(13(15)5)10-16(6)12(3)4/h7-9,11H,3,10H2,1-2,4-6H3. The number of benzene rings is 1. The normalized spacial score (nSPS) is 10.6. The molecule has 88 valence electrons. The maximum Gasteiger partial charge on any atom is 0.0425 e. The molecule has 0 heterocycles. The molecule has 0 spiro atoms. The van der Waals surface area contributed by atoms with Crippen molar-refractivity contribution in [3.05, 3.63) is 47.2 Å². The molecule has 1 aromatic carbocycles. The number of allylic oxidation sites excluding steroid dienone is 1. The van der Waals surface area contributed by atoms with Gasteiger partial charge in [-0.15, -0.1) is 0 Å². The van der Waals surface area contributed by atoms with Gasteiger partial charge in [-0.25, -0.2) is 0 Å². The van der Waals surface area contributed by atoms with Crippen LogP contribution in [0.4, 0.5) is 0 Å². The van der Waals surface area contributed by atoms with E-state index in [0.29, 0.717) is 5.92 Å². The third-order valence-corrected chi connectivity index (χ3v) is 3.17. The zero-order chi connectivity index (χ0) is 12.3. The Labute approximate surface area is 99.8 Å². The van der Waals surface area contributed by atoms with Crippen molar-refractivity contribution in [2.75, 3.05) is 7.05 Å². The van der Waals surface area contributed by atoms with Crippen molar-refractivity contribution < 1.29 is 0 Å². The minimum atomic E-state index is 0.593. The van der Waals surface area contributed by atoms with E-state index in [1.165, 1.54) is 16.7 Å². The zero-order valence-electron chi connectivity index (χ0n) is 11.2. The summed E-state index contributed by atoms with van der Waals surface area (Å²) in [7, 11) is 2.09. The van der Waals surface area contributed by atoms with Crippen molar-refractivity contribution in [1.29, 1.82) is 0 Å². The van der Waals surface area contributed by atoms with Crippen LogP contribution in [0.1, 0.15) is 43.4 Å². The summed E-state index contributed by atoms with van der Waals surface area (Å²) in [4.78, 5) is 2.19. The fourth-order valence-electron chi connectivity index (χ4n) is 1.89. The molecular formula is C15H23N. The van der Waals surface area contributed by atoms with Crippen molar-refractivity contribution in [3.63, 3.8) is 0 Å². The topological polar surface area (TPSA) is 3.24 Å². The molecule has 0 aromatic heterocycles. The SMILES string of the molecule is C=C(C)N(C)Cc1cccc(C(C)C)c1C. The minimum Gasteiger partial charge on any atom is -0.374 e. The summed E-state index contributed by atoms with van der Waals surface area (Å²) >= 11 is 0. The lowest BCUT2D eigenvalue weighted by molar-refractivity contribution is 0.413. The number of hydrogen-bond donors (Lipinski definition) is 0. The zero-order valence-corrected chi connectivity index (χ0v) is 11.2. The molecule has 0 unspecified atom stereocenters. The average molecular weight is 217 g/mol. The Bertz CT molecular complexity index is 377. The van der Waals surface area contributed by atoms with E-state index < -0.39 is 0 Å². The summed E-state index contributed by atoms with van der Waals surface area (Å²) in [5.74, 6) is 0.593. The molecule has 1 heteroatoms. The van der Waals surface area contributed by atoms with Gasteiger partial charge in [0, 0.05) is 19.3 Å². The lowest BCUT2D eigenvalue weighted by Crippen LogP contribution is -2.15. The minimum absolute atomic E-state index is 0.593. The van der Waals surface area contributed by atoms with Crippen LogP contribution in [0.25, 0.3) is 0 Å². The Hall–Kier alpha value is -1.24. The number of hydrogen-bond acceptors (Lipinski definition) is 1. The largest absolute Gasteiger partial charge is 0.374 e. The molecule has 1 rings (SSSR count). The summed E-state index contributed by atoms with van der Waals surface area (Å²) < 4.78 is 0. The molecule has 0 atom stereocenters. The summed E-state index contributed by atoms with van der Waals surface area (Å²) in [6.45, 7) is 13.7. The highest BCUT2D eigenvalue weighted by atomic mass is 15.1. The van der Waals surface area contributed by atoms with E-state index in [4.69, 9.17) is 0 Å². The maximum atomic E-state index is 3.96. The first-order chi connectivity index (χ1) is 7.43. The highest BCUT2D eigenvalue weighted by Gasteiger charge is 2.08. The first-order valence-corrected chi connectivity index (χ1v) is 5.88. The maximum absolute atomic E-state index is 3.96. The van der Waals surface area contributed by atoms with Crippen LogP contribution in [0.2, 0.25) is 0 Å². The predicted octanol–water partition coefficient (Wildman–Crippen LogP) is 4.08. The molecule has 0 aliphatic heterocycles. The van der Waals surface area contributed by atoms with Crippen LogP contribution in [-0.4, -0.2) is 11.9 Å². The summed E-state index contributed by atoms with van der Waals surface area (Å²) in [5.41, 5.74) is 5.38. The molecule has 0 amide bonds. The van der Waals surface area contributed by atoms with Gasteiger partial charge in [0.1, 0.15) is 0 Å². The van der Waals surface area contributed by atoms with Gasteiger partial charge in [0.25, 0.3) is 0 Å². The van der Waals surface area contributed by atoms with Gasteiger partial charge in [-0.05, 0) is 36.5 Å². The Morgan fingerprint density at radius 3 is 2.50 bits per heavy atom. The number of nitrogens with zero attached hydrogens (tertiary/aromatic N) is 1. The van der Waals surface area contributed by atoms with Gasteiger partial charge in [0.05, 0.1) is 0 Å². The summed E-state index contributed by atoms with van der Waals surface area (Å²) in [6.07, 6.45) is 0. The molecule has 1 nitrogen and oxygen atoms in total. The van der Waals surface area contributed by atoms with Crippen LogP contribution in [0, 0.1) is 6.92 Å². The van der Waals surface area contributed by atoms with Crippen LogP contribution < -0.4 is 0 Å². The highest BCUT2D eigenvalue weighted by molar-refractivity contribution is 5.36. The molecule has 0 saturated heterocycles. The summed E-state index contributed by atoms with van der Waals surface area (Å²) in [5, 5.41) is 0. The van der Waals surface area contributed by atoms with Crippen molar-refractivity contribution in [2.24, 2.45) is 0 Å². The Morgan fingerprint density at radius 2 is 2.00 bits per heavy atom. The Kier molecular flexibility index (Phi) is 4.17. The van der Waals surface area contributed by atoms with E-state index in [-0.39, 0.29) is 0 Å². The van der Waals surface area contributed by atoms with Gasteiger partial charge in [0.2, 0.25) is 0 Å². The molecule has 0 bridgehead atoms. The monoisotopic (exact) mass is 217 g/mol. The third kappa shape index (κ3) is 2.88. The van der Waals surface area contributed by atoms with Gasteiger partial charge in [-0.2, -0.15) is 0 Å². The Balaban J connectivity index is 2.97. The summed E-state index contributed by atoms with van der Waals surface area (Å²) in [6, 6.07) is 6.59. The second-order valence-electron chi connectivity index (χ2n) is 4.88. The van der Waals surface area contributed by atoms with Gasteiger partial charge in [-0.3, -0.25) is 0 Å². The van der Waals surface area contributed by atoms with Crippen molar-refractivity contribution in [3.8, 4) is 0 Å². The van der Waals surface area contributed by atoms with E-state index in [0.717, 1.165) is 12.2 Å². The van der Waals surface area contributed by atoms with E-state index >= 15 is 0 Å². The second kappa shape index (κ2) is 5.20. The van der Waals surface area contributed by atoms with E-state index in [1.807, 2.05) is 6.92 Å². The second-order valence-corrected chi connectivity index (χ2v) is 4.88.